The van der Waals surface area contributed by atoms with Crippen LogP contribution in [-0.4, -0.2) is 33.0 Å². The SMILES string of the molecule is CCn1c(S[C@@H](C)C(=O)Nc2ccccc2OC)nnc1C1CC1. The number of anilines is 1. The van der Waals surface area contributed by atoms with Gasteiger partial charge in [0.15, 0.2) is 5.16 Å². The number of thioether (sulfide) groups is 1. The molecule has 1 aliphatic carbocycles. The smallest absolute Gasteiger partial charge is 0.237 e. The van der Waals surface area contributed by atoms with E-state index in [1.54, 1.807) is 7.11 Å². The number of benzene rings is 1. The molecule has 1 amide bonds. The molecule has 2 aromatic rings. The molecule has 1 N–H and O–H groups in total. The van der Waals surface area contributed by atoms with Crippen LogP contribution in [0.5, 0.6) is 5.75 Å². The highest BCUT2D eigenvalue weighted by Gasteiger charge is 2.30. The summed E-state index contributed by atoms with van der Waals surface area (Å²) in [6.07, 6.45) is 2.37. The number of amides is 1. The van der Waals surface area contributed by atoms with Crippen LogP contribution in [0, 0.1) is 0 Å². The zero-order valence-corrected chi connectivity index (χ0v) is 15.0. The lowest BCUT2D eigenvalue weighted by Gasteiger charge is -2.14. The van der Waals surface area contributed by atoms with Gasteiger partial charge in [0.1, 0.15) is 11.6 Å². The molecular formula is C17H22N4O2S. The highest BCUT2D eigenvalue weighted by molar-refractivity contribution is 8.00. The Morgan fingerprint density at radius 2 is 2.17 bits per heavy atom. The van der Waals surface area contributed by atoms with Gasteiger partial charge < -0.3 is 14.6 Å². The minimum absolute atomic E-state index is 0.0804. The van der Waals surface area contributed by atoms with Crippen LogP contribution in [-0.2, 0) is 11.3 Å². The number of methoxy groups -OCH3 is 1. The Morgan fingerprint density at radius 1 is 1.42 bits per heavy atom. The molecule has 0 radical (unpaired) electrons. The minimum atomic E-state index is -0.281. The summed E-state index contributed by atoms with van der Waals surface area (Å²) in [6.45, 7) is 4.78. The van der Waals surface area contributed by atoms with Crippen molar-refractivity contribution in [3.63, 3.8) is 0 Å². The number of nitrogens with one attached hydrogen (secondary N) is 1. The number of nitrogens with zero attached hydrogens (tertiary/aromatic N) is 3. The molecule has 7 heteroatoms. The van der Waals surface area contributed by atoms with Gasteiger partial charge in [0.05, 0.1) is 18.0 Å². The van der Waals surface area contributed by atoms with Crippen molar-refractivity contribution in [1.29, 1.82) is 0 Å². The maximum atomic E-state index is 12.5. The van der Waals surface area contributed by atoms with Gasteiger partial charge in [-0.3, -0.25) is 4.79 Å². The molecule has 24 heavy (non-hydrogen) atoms. The summed E-state index contributed by atoms with van der Waals surface area (Å²) in [4.78, 5) is 12.5. The van der Waals surface area contributed by atoms with E-state index in [0.717, 1.165) is 17.5 Å². The van der Waals surface area contributed by atoms with Gasteiger partial charge in [0, 0.05) is 12.5 Å². The number of aromatic nitrogens is 3. The molecule has 0 saturated heterocycles. The average Bonchev–Trinajstić information content (AvgIpc) is 3.36. The Morgan fingerprint density at radius 3 is 2.83 bits per heavy atom. The molecule has 3 rings (SSSR count). The van der Waals surface area contributed by atoms with Crippen molar-refractivity contribution in [2.45, 2.75) is 49.6 Å². The Bertz CT molecular complexity index is 727. The molecule has 1 aliphatic rings. The van der Waals surface area contributed by atoms with Crippen LogP contribution in [0.3, 0.4) is 0 Å². The van der Waals surface area contributed by atoms with Gasteiger partial charge in [-0.25, -0.2) is 0 Å². The molecule has 1 heterocycles. The van der Waals surface area contributed by atoms with E-state index < -0.39 is 0 Å². The Balaban J connectivity index is 1.68. The van der Waals surface area contributed by atoms with E-state index in [-0.39, 0.29) is 11.2 Å². The molecule has 1 aromatic carbocycles. The van der Waals surface area contributed by atoms with Gasteiger partial charge in [-0.1, -0.05) is 23.9 Å². The first-order chi connectivity index (χ1) is 11.6. The molecule has 128 valence electrons. The summed E-state index contributed by atoms with van der Waals surface area (Å²) in [6, 6.07) is 7.39. The predicted molar refractivity (Wildman–Crippen MR) is 94.6 cm³/mol. The van der Waals surface area contributed by atoms with Crippen molar-refractivity contribution in [1.82, 2.24) is 14.8 Å². The first-order valence-corrected chi connectivity index (χ1v) is 9.05. The third-order valence-corrected chi connectivity index (χ3v) is 5.10. The second kappa shape index (κ2) is 7.25. The fourth-order valence-electron chi connectivity index (χ4n) is 2.52. The van der Waals surface area contributed by atoms with Crippen molar-refractivity contribution in [2.75, 3.05) is 12.4 Å². The Hall–Kier alpha value is -2.02. The average molecular weight is 346 g/mol. The van der Waals surface area contributed by atoms with E-state index in [2.05, 4.69) is 27.0 Å². The normalized spacial score (nSPS) is 15.1. The fraction of sp³-hybridized carbons (Fsp3) is 0.471. The summed E-state index contributed by atoms with van der Waals surface area (Å²) >= 11 is 1.44. The number of hydrogen-bond donors (Lipinski definition) is 1. The maximum absolute atomic E-state index is 12.5. The summed E-state index contributed by atoms with van der Waals surface area (Å²) in [5, 5.41) is 12.0. The minimum Gasteiger partial charge on any atom is -0.495 e. The zero-order chi connectivity index (χ0) is 17.1. The molecule has 0 bridgehead atoms. The lowest BCUT2D eigenvalue weighted by Crippen LogP contribution is -2.23. The monoisotopic (exact) mass is 346 g/mol. The summed E-state index contributed by atoms with van der Waals surface area (Å²) in [7, 11) is 1.59. The van der Waals surface area contributed by atoms with E-state index in [0.29, 0.717) is 17.4 Å². The summed E-state index contributed by atoms with van der Waals surface area (Å²) in [5.74, 6) is 2.17. The third kappa shape index (κ3) is 3.56. The number of ether oxygens (including phenoxy) is 1. The Labute approximate surface area is 146 Å². The lowest BCUT2D eigenvalue weighted by atomic mass is 10.3. The second-order valence-corrected chi connectivity index (χ2v) is 7.12. The molecule has 1 fully saturated rings. The molecule has 1 saturated carbocycles. The quantitative estimate of drug-likeness (QED) is 0.779. The largest absolute Gasteiger partial charge is 0.495 e. The highest BCUT2D eigenvalue weighted by Crippen LogP contribution is 2.40. The van der Waals surface area contributed by atoms with Crippen LogP contribution in [0.1, 0.15) is 38.4 Å². The maximum Gasteiger partial charge on any atom is 0.237 e. The van der Waals surface area contributed by atoms with Crippen molar-refractivity contribution in [2.24, 2.45) is 0 Å². The van der Waals surface area contributed by atoms with Crippen LogP contribution < -0.4 is 10.1 Å². The number of carbonyl (C=O) groups excluding carboxylic acids is 1. The van der Waals surface area contributed by atoms with Gasteiger partial charge in [0.25, 0.3) is 0 Å². The van der Waals surface area contributed by atoms with E-state index in [1.165, 1.54) is 24.6 Å². The lowest BCUT2D eigenvalue weighted by molar-refractivity contribution is -0.115. The number of hydrogen-bond acceptors (Lipinski definition) is 5. The summed E-state index contributed by atoms with van der Waals surface area (Å²) in [5.41, 5.74) is 0.674. The molecule has 0 spiro atoms. The van der Waals surface area contributed by atoms with Crippen molar-refractivity contribution in [3.05, 3.63) is 30.1 Å². The van der Waals surface area contributed by atoms with Gasteiger partial charge in [-0.2, -0.15) is 0 Å². The molecule has 1 atom stereocenters. The third-order valence-electron chi connectivity index (χ3n) is 4.02. The van der Waals surface area contributed by atoms with Crippen molar-refractivity contribution in [3.8, 4) is 5.75 Å². The fourth-order valence-corrected chi connectivity index (χ4v) is 3.44. The standard InChI is InChI=1S/C17H22N4O2S/c1-4-21-15(12-9-10-12)19-20-17(21)24-11(2)16(22)18-13-7-5-6-8-14(13)23-3/h5-8,11-12H,4,9-10H2,1-3H3,(H,18,22)/t11-/m0/s1. The van der Waals surface area contributed by atoms with Gasteiger partial charge in [-0.05, 0) is 38.8 Å². The van der Waals surface area contributed by atoms with Crippen LogP contribution in [0.15, 0.2) is 29.4 Å². The molecule has 0 unspecified atom stereocenters. The molecular weight excluding hydrogens is 324 g/mol. The van der Waals surface area contributed by atoms with Gasteiger partial charge >= 0.3 is 0 Å². The molecule has 0 aliphatic heterocycles. The van der Waals surface area contributed by atoms with Crippen LogP contribution in [0.4, 0.5) is 5.69 Å². The number of carbonyl (C=O) groups is 1. The second-order valence-electron chi connectivity index (χ2n) is 5.81. The van der Waals surface area contributed by atoms with Crippen molar-refractivity contribution < 1.29 is 9.53 Å². The number of para-hydroxylation sites is 2. The molecule has 1 aromatic heterocycles. The summed E-state index contributed by atoms with van der Waals surface area (Å²) < 4.78 is 7.39. The van der Waals surface area contributed by atoms with Gasteiger partial charge in [0.2, 0.25) is 5.91 Å². The van der Waals surface area contributed by atoms with Crippen LogP contribution in [0.2, 0.25) is 0 Å². The zero-order valence-electron chi connectivity index (χ0n) is 14.2. The van der Waals surface area contributed by atoms with E-state index in [1.807, 2.05) is 31.2 Å². The van der Waals surface area contributed by atoms with Crippen LogP contribution >= 0.6 is 11.8 Å². The van der Waals surface area contributed by atoms with Crippen molar-refractivity contribution >= 4 is 23.4 Å². The number of rotatable bonds is 7. The predicted octanol–water partition coefficient (Wildman–Crippen LogP) is 3.30. The topological polar surface area (TPSA) is 69.0 Å². The first kappa shape index (κ1) is 16.8. The Kier molecular flexibility index (Phi) is 5.08. The first-order valence-electron chi connectivity index (χ1n) is 8.17. The van der Waals surface area contributed by atoms with Gasteiger partial charge in [-0.15, -0.1) is 10.2 Å². The highest BCUT2D eigenvalue weighted by atomic mass is 32.2. The van der Waals surface area contributed by atoms with E-state index in [9.17, 15) is 4.79 Å². The molecule has 6 nitrogen and oxygen atoms in total. The van der Waals surface area contributed by atoms with E-state index >= 15 is 0 Å². The van der Waals surface area contributed by atoms with E-state index in [4.69, 9.17) is 4.74 Å². The van der Waals surface area contributed by atoms with Crippen LogP contribution in [0.25, 0.3) is 0 Å².